The van der Waals surface area contributed by atoms with Crippen LogP contribution in [0.1, 0.15) is 49.7 Å². The highest BCUT2D eigenvalue weighted by Crippen LogP contribution is 2.35. The molecular weight excluding hydrogens is 521 g/mol. The lowest BCUT2D eigenvalue weighted by Crippen LogP contribution is -2.27. The fraction of sp³-hybridized carbons (Fsp3) is 0.276. The Labute approximate surface area is 226 Å². The predicted octanol–water partition coefficient (Wildman–Crippen LogP) is 5.25. The number of rotatable bonds is 9. The lowest BCUT2D eigenvalue weighted by Gasteiger charge is -2.24. The van der Waals surface area contributed by atoms with Crippen LogP contribution in [0.3, 0.4) is 0 Å². The van der Waals surface area contributed by atoms with Crippen molar-refractivity contribution in [3.8, 4) is 22.8 Å². The molecule has 0 fully saturated rings. The number of methoxy groups -OCH3 is 1. The highest BCUT2D eigenvalue weighted by Gasteiger charge is 2.31. The van der Waals surface area contributed by atoms with Crippen LogP contribution in [-0.2, 0) is 16.3 Å². The lowest BCUT2D eigenvalue weighted by molar-refractivity contribution is 0.360. The summed E-state index contributed by atoms with van der Waals surface area (Å²) in [5.41, 5.74) is 1.12. The number of pyridine rings is 1. The highest BCUT2D eigenvalue weighted by atomic mass is 32.2. The Kier molecular flexibility index (Phi) is 8.15. The number of aromatic hydroxyl groups is 1. The molecule has 2 aromatic heterocycles. The van der Waals surface area contributed by atoms with Crippen LogP contribution in [0.4, 0.5) is 4.39 Å². The van der Waals surface area contributed by atoms with Gasteiger partial charge in [-0.15, -0.1) is 0 Å². The minimum absolute atomic E-state index is 0.203. The van der Waals surface area contributed by atoms with Crippen LogP contribution in [0.5, 0.6) is 11.6 Å². The van der Waals surface area contributed by atoms with Gasteiger partial charge in [0.15, 0.2) is 4.90 Å². The third-order valence-electron chi connectivity index (χ3n) is 6.75. The zero-order valence-electron chi connectivity index (χ0n) is 22.2. The first kappa shape index (κ1) is 28.0. The van der Waals surface area contributed by atoms with Crippen molar-refractivity contribution in [1.29, 1.82) is 0 Å². The maximum absolute atomic E-state index is 13.9. The molecule has 2 aromatic carbocycles. The van der Waals surface area contributed by atoms with Gasteiger partial charge in [0.2, 0.25) is 21.7 Å². The molecule has 0 aliphatic carbocycles. The van der Waals surface area contributed by atoms with E-state index in [1.54, 1.807) is 32.0 Å². The molecule has 10 heteroatoms. The number of hydrogen-bond acceptors (Lipinski definition) is 7. The zero-order chi connectivity index (χ0) is 28.3. The Morgan fingerprint density at radius 2 is 1.79 bits per heavy atom. The molecule has 204 valence electrons. The molecule has 0 radical (unpaired) electrons. The van der Waals surface area contributed by atoms with E-state index < -0.39 is 38.2 Å². The largest absolute Gasteiger partial charge is 0.496 e. The van der Waals surface area contributed by atoms with Crippen LogP contribution < -0.4 is 10.3 Å². The van der Waals surface area contributed by atoms with Gasteiger partial charge in [-0.05, 0) is 55.7 Å². The molecule has 0 saturated carbocycles. The molecule has 1 N–H and O–H groups in total. The van der Waals surface area contributed by atoms with E-state index in [2.05, 4.69) is 9.97 Å². The number of aryl methyl sites for hydroxylation is 1. The summed E-state index contributed by atoms with van der Waals surface area (Å²) in [6, 6.07) is 13.9. The molecule has 39 heavy (non-hydrogen) atoms. The Hall–Kier alpha value is -4.05. The van der Waals surface area contributed by atoms with Crippen LogP contribution >= 0.6 is 0 Å². The molecule has 0 amide bonds. The first-order valence-electron chi connectivity index (χ1n) is 12.6. The fourth-order valence-corrected chi connectivity index (χ4v) is 5.95. The van der Waals surface area contributed by atoms with Crippen LogP contribution in [0, 0.1) is 12.9 Å². The van der Waals surface area contributed by atoms with Gasteiger partial charge in [-0.3, -0.25) is 9.36 Å². The average Bonchev–Trinajstić information content (AvgIpc) is 2.92. The highest BCUT2D eigenvalue weighted by molar-refractivity contribution is 7.91. The standard InChI is InChI=1S/C29H30FN3O5S/c1-5-6-11-25-32-28(34)26(29(35)33(25)19(3)23-9-7-8-10-24(23)38-4)39(36,37)21-14-12-20(13-15-21)22-16-17-31-27(30)18(22)2/h7-10,12-17,19,35H,5-6,11H2,1-4H3/t19-/m0/s1. The molecular formula is C29H30FN3O5S. The first-order chi connectivity index (χ1) is 18.6. The van der Waals surface area contributed by atoms with E-state index in [-0.39, 0.29) is 10.7 Å². The normalized spacial score (nSPS) is 12.3. The molecule has 8 nitrogen and oxygen atoms in total. The van der Waals surface area contributed by atoms with Gasteiger partial charge in [0.1, 0.15) is 11.6 Å². The zero-order valence-corrected chi connectivity index (χ0v) is 23.0. The molecule has 0 spiro atoms. The second kappa shape index (κ2) is 11.4. The summed E-state index contributed by atoms with van der Waals surface area (Å²) in [7, 11) is -2.95. The summed E-state index contributed by atoms with van der Waals surface area (Å²) in [5.74, 6) is -0.474. The van der Waals surface area contributed by atoms with Crippen LogP contribution in [0.15, 0.2) is 75.4 Å². The van der Waals surface area contributed by atoms with E-state index in [9.17, 15) is 22.7 Å². The number of para-hydroxylation sites is 1. The van der Waals surface area contributed by atoms with E-state index >= 15 is 0 Å². The number of nitrogens with zero attached hydrogens (tertiary/aromatic N) is 3. The number of ether oxygens (including phenoxy) is 1. The van der Waals surface area contributed by atoms with E-state index in [0.29, 0.717) is 40.8 Å². The van der Waals surface area contributed by atoms with Crippen molar-refractivity contribution in [2.45, 2.75) is 55.9 Å². The van der Waals surface area contributed by atoms with Crippen molar-refractivity contribution in [1.82, 2.24) is 14.5 Å². The summed E-state index contributed by atoms with van der Waals surface area (Å²) in [4.78, 5) is 19.9. The summed E-state index contributed by atoms with van der Waals surface area (Å²) in [6.45, 7) is 5.34. The third-order valence-corrected chi connectivity index (χ3v) is 8.54. The molecule has 4 aromatic rings. The van der Waals surface area contributed by atoms with Gasteiger partial charge >= 0.3 is 0 Å². The second-order valence-electron chi connectivity index (χ2n) is 9.18. The minimum atomic E-state index is -4.47. The summed E-state index contributed by atoms with van der Waals surface area (Å²) in [5, 5.41) is 11.4. The Morgan fingerprint density at radius 1 is 1.10 bits per heavy atom. The van der Waals surface area contributed by atoms with Gasteiger partial charge < -0.3 is 9.84 Å². The Bertz CT molecular complexity index is 1670. The van der Waals surface area contributed by atoms with Crippen molar-refractivity contribution in [3.63, 3.8) is 0 Å². The topological polar surface area (TPSA) is 111 Å². The number of benzene rings is 2. The van der Waals surface area contributed by atoms with Gasteiger partial charge in [0, 0.05) is 23.7 Å². The van der Waals surface area contributed by atoms with Crippen molar-refractivity contribution in [3.05, 3.63) is 94.0 Å². The summed E-state index contributed by atoms with van der Waals surface area (Å²) in [6.07, 6.45) is 3.20. The molecule has 0 aliphatic rings. The summed E-state index contributed by atoms with van der Waals surface area (Å²) >= 11 is 0. The molecule has 0 bridgehead atoms. The SMILES string of the molecule is CCCCc1nc(=O)c(S(=O)(=O)c2ccc(-c3ccnc(F)c3C)cc2)c(O)n1[C@@H](C)c1ccccc1OC. The predicted molar refractivity (Wildman–Crippen MR) is 145 cm³/mol. The van der Waals surface area contributed by atoms with Gasteiger partial charge in [-0.25, -0.2) is 13.4 Å². The maximum atomic E-state index is 13.9. The number of hydrogen-bond donors (Lipinski definition) is 1. The Morgan fingerprint density at radius 3 is 2.46 bits per heavy atom. The van der Waals surface area contributed by atoms with Crippen molar-refractivity contribution in [2.75, 3.05) is 7.11 Å². The maximum Gasteiger partial charge on any atom is 0.296 e. The third kappa shape index (κ3) is 5.29. The molecule has 0 aliphatic heterocycles. The van der Waals surface area contributed by atoms with Crippen LogP contribution in [-0.4, -0.2) is 35.2 Å². The lowest BCUT2D eigenvalue weighted by atomic mass is 10.0. The van der Waals surface area contributed by atoms with Gasteiger partial charge in [-0.2, -0.15) is 9.37 Å². The summed E-state index contributed by atoms with van der Waals surface area (Å²) < 4.78 is 48.2. The van der Waals surface area contributed by atoms with Crippen molar-refractivity contribution >= 4 is 9.84 Å². The minimum Gasteiger partial charge on any atom is -0.496 e. The average molecular weight is 552 g/mol. The van der Waals surface area contributed by atoms with E-state index in [1.165, 1.54) is 42.1 Å². The van der Waals surface area contributed by atoms with Crippen LogP contribution in [0.25, 0.3) is 11.1 Å². The quantitative estimate of drug-likeness (QED) is 0.283. The fourth-order valence-electron chi connectivity index (χ4n) is 4.61. The van der Waals surface area contributed by atoms with E-state index in [1.807, 2.05) is 19.1 Å². The molecule has 0 unspecified atom stereocenters. The van der Waals surface area contributed by atoms with Gasteiger partial charge in [-0.1, -0.05) is 43.7 Å². The van der Waals surface area contributed by atoms with Crippen molar-refractivity contribution < 1.29 is 22.7 Å². The number of sulfone groups is 1. The number of aromatic nitrogens is 3. The first-order valence-corrected chi connectivity index (χ1v) is 14.0. The molecule has 1 atom stereocenters. The van der Waals surface area contributed by atoms with E-state index in [4.69, 9.17) is 4.74 Å². The molecule has 4 rings (SSSR count). The second-order valence-corrected chi connectivity index (χ2v) is 11.1. The van der Waals surface area contributed by atoms with Crippen LogP contribution in [0.2, 0.25) is 0 Å². The number of unbranched alkanes of at least 4 members (excludes halogenated alkanes) is 1. The van der Waals surface area contributed by atoms with Gasteiger partial charge in [0.05, 0.1) is 18.0 Å². The van der Waals surface area contributed by atoms with Crippen molar-refractivity contribution in [2.24, 2.45) is 0 Å². The number of halogens is 1. The van der Waals surface area contributed by atoms with E-state index in [0.717, 1.165) is 6.42 Å². The smallest absolute Gasteiger partial charge is 0.296 e. The van der Waals surface area contributed by atoms with Gasteiger partial charge in [0.25, 0.3) is 5.56 Å². The molecule has 2 heterocycles. The monoisotopic (exact) mass is 551 g/mol. The molecule has 0 saturated heterocycles. The Balaban J connectivity index is 1.86.